The van der Waals surface area contributed by atoms with Crippen molar-refractivity contribution in [2.75, 3.05) is 5.32 Å². The van der Waals surface area contributed by atoms with Gasteiger partial charge in [0.15, 0.2) is 0 Å². The number of carboxylic acids is 1. The maximum absolute atomic E-state index is 13.0. The van der Waals surface area contributed by atoms with Crippen LogP contribution in [0.25, 0.3) is 0 Å². The van der Waals surface area contributed by atoms with Crippen LogP contribution in [-0.4, -0.2) is 41.1 Å². The molecule has 0 bridgehead atoms. The van der Waals surface area contributed by atoms with Crippen LogP contribution in [0.3, 0.4) is 0 Å². The van der Waals surface area contributed by atoms with E-state index in [0.29, 0.717) is 5.69 Å². The zero-order valence-corrected chi connectivity index (χ0v) is 18.6. The summed E-state index contributed by atoms with van der Waals surface area (Å²) in [6.45, 7) is 3.52. The quantitative estimate of drug-likeness (QED) is 0.490. The molecule has 0 radical (unpaired) electrons. The first-order valence-electron chi connectivity index (χ1n) is 10.4. The number of rotatable bonds is 8. The van der Waals surface area contributed by atoms with Crippen LogP contribution in [0.15, 0.2) is 78.9 Å². The third-order valence-electron chi connectivity index (χ3n) is 4.79. The number of benzene rings is 3. The zero-order chi connectivity index (χ0) is 24.7. The van der Waals surface area contributed by atoms with Crippen LogP contribution in [0.5, 0.6) is 0 Å². The summed E-state index contributed by atoms with van der Waals surface area (Å²) < 4.78 is 10.5. The van der Waals surface area contributed by atoms with Crippen molar-refractivity contribution in [2.45, 2.75) is 26.1 Å². The molecule has 8 heteroatoms. The van der Waals surface area contributed by atoms with Crippen molar-refractivity contribution in [2.24, 2.45) is 0 Å². The lowest BCUT2D eigenvalue weighted by atomic mass is 10.1. The highest BCUT2D eigenvalue weighted by Crippen LogP contribution is 2.17. The first kappa shape index (κ1) is 24.2. The molecule has 3 aromatic rings. The molecule has 2 unspecified atom stereocenters. The van der Waals surface area contributed by atoms with Crippen LogP contribution in [0.2, 0.25) is 0 Å². The molecule has 0 aliphatic rings. The van der Waals surface area contributed by atoms with Gasteiger partial charge in [0, 0.05) is 5.69 Å². The molecule has 0 aromatic heterocycles. The average molecular weight is 461 g/mol. The molecule has 0 heterocycles. The number of carbonyl (C=O) groups excluding carboxylic acids is 3. The molecule has 0 aliphatic carbocycles. The van der Waals surface area contributed by atoms with E-state index in [1.807, 2.05) is 0 Å². The summed E-state index contributed by atoms with van der Waals surface area (Å²) in [7, 11) is 0. The van der Waals surface area contributed by atoms with Gasteiger partial charge in [-0.3, -0.25) is 4.79 Å². The molecule has 0 saturated carbocycles. The highest BCUT2D eigenvalue weighted by molar-refractivity contribution is 6.01. The normalized spacial score (nSPS) is 12.2. The van der Waals surface area contributed by atoms with E-state index in [9.17, 15) is 24.3 Å². The summed E-state index contributed by atoms with van der Waals surface area (Å²) >= 11 is 0. The molecule has 3 aromatic carbocycles. The minimum Gasteiger partial charge on any atom is -0.478 e. The smallest absolute Gasteiger partial charge is 0.349 e. The summed E-state index contributed by atoms with van der Waals surface area (Å²) in [5, 5.41) is 12.3. The van der Waals surface area contributed by atoms with Crippen molar-refractivity contribution in [1.29, 1.82) is 0 Å². The molecule has 0 fully saturated rings. The molecule has 0 spiro atoms. The minimum absolute atomic E-state index is 0.0958. The van der Waals surface area contributed by atoms with Crippen LogP contribution in [-0.2, 0) is 19.1 Å². The molecular weight excluding hydrogens is 438 g/mol. The number of carboxylic acid groups (broad SMARTS) is 1. The zero-order valence-electron chi connectivity index (χ0n) is 18.6. The molecule has 1 amide bonds. The van der Waals surface area contributed by atoms with Crippen molar-refractivity contribution >= 4 is 29.5 Å². The Morgan fingerprint density at radius 1 is 0.706 bits per heavy atom. The molecular formula is C26H23NO7. The fraction of sp³-hybridized carbons (Fsp3) is 0.154. The van der Waals surface area contributed by atoms with Crippen molar-refractivity contribution in [3.63, 3.8) is 0 Å². The number of aliphatic carboxylic acids is 1. The van der Waals surface area contributed by atoms with E-state index in [-0.39, 0.29) is 11.1 Å². The number of nitrogens with one attached hydrogen (secondary N) is 1. The van der Waals surface area contributed by atoms with Crippen molar-refractivity contribution < 1.29 is 33.8 Å². The summed E-state index contributed by atoms with van der Waals surface area (Å²) in [6, 6.07) is 20.9. The molecule has 174 valence electrons. The van der Waals surface area contributed by atoms with E-state index < -0.39 is 36.0 Å². The van der Waals surface area contributed by atoms with Gasteiger partial charge in [-0.25, -0.2) is 14.4 Å². The van der Waals surface area contributed by atoms with E-state index in [1.54, 1.807) is 68.4 Å². The van der Waals surface area contributed by atoms with Gasteiger partial charge in [0.05, 0.1) is 11.1 Å². The Morgan fingerprint density at radius 3 is 1.68 bits per heavy atom. The second-order valence-electron chi connectivity index (χ2n) is 7.58. The van der Waals surface area contributed by atoms with Gasteiger partial charge in [0.2, 0.25) is 12.2 Å². The first-order chi connectivity index (χ1) is 16.2. The second-order valence-corrected chi connectivity index (χ2v) is 7.58. The largest absolute Gasteiger partial charge is 0.478 e. The Kier molecular flexibility index (Phi) is 7.76. The third-order valence-corrected chi connectivity index (χ3v) is 4.79. The predicted molar refractivity (Wildman–Crippen MR) is 123 cm³/mol. The molecule has 2 N–H and O–H groups in total. The molecule has 0 saturated heterocycles. The molecule has 0 aliphatic heterocycles. The number of aryl methyl sites for hydroxylation is 2. The minimum atomic E-state index is -2.09. The number of hydrogen-bond donors (Lipinski definition) is 2. The van der Waals surface area contributed by atoms with Gasteiger partial charge in [-0.05, 0) is 50.2 Å². The fourth-order valence-electron chi connectivity index (χ4n) is 3.14. The highest BCUT2D eigenvalue weighted by atomic mass is 16.6. The average Bonchev–Trinajstić information content (AvgIpc) is 2.81. The summed E-state index contributed by atoms with van der Waals surface area (Å²) in [6.07, 6.45) is -4.05. The number of carbonyl (C=O) groups is 4. The lowest BCUT2D eigenvalue weighted by Gasteiger charge is -2.23. The predicted octanol–water partition coefficient (Wildman–Crippen LogP) is 3.78. The number of hydrogen-bond acceptors (Lipinski definition) is 6. The fourth-order valence-corrected chi connectivity index (χ4v) is 3.14. The number of para-hydroxylation sites is 1. The van der Waals surface area contributed by atoms with E-state index in [2.05, 4.69) is 5.32 Å². The Hall–Kier alpha value is -4.46. The van der Waals surface area contributed by atoms with Crippen molar-refractivity contribution in [3.8, 4) is 0 Å². The monoisotopic (exact) mass is 461 g/mol. The van der Waals surface area contributed by atoms with Gasteiger partial charge in [0.1, 0.15) is 0 Å². The van der Waals surface area contributed by atoms with Gasteiger partial charge in [0.25, 0.3) is 5.91 Å². The number of ether oxygens (including phenoxy) is 2. The van der Waals surface area contributed by atoms with Crippen LogP contribution in [0.4, 0.5) is 5.69 Å². The van der Waals surface area contributed by atoms with Crippen LogP contribution < -0.4 is 5.32 Å². The van der Waals surface area contributed by atoms with Gasteiger partial charge in [-0.15, -0.1) is 0 Å². The standard InChI is InChI=1S/C26H23NO7/c1-16-8-6-10-18(14-16)25(31)33-21(23(28)27-20-12-4-3-5-13-20)22(24(29)30)34-26(32)19-11-7-9-17(2)15-19/h3-15,21-22H,1-2H3,(H,27,28)(H,29,30). The lowest BCUT2D eigenvalue weighted by molar-refractivity contribution is -0.157. The van der Waals surface area contributed by atoms with Crippen molar-refractivity contribution in [3.05, 3.63) is 101 Å². The van der Waals surface area contributed by atoms with E-state index >= 15 is 0 Å². The topological polar surface area (TPSA) is 119 Å². The van der Waals surface area contributed by atoms with Gasteiger partial charge in [-0.1, -0.05) is 53.6 Å². The molecule has 3 rings (SSSR count). The Balaban J connectivity index is 1.91. The van der Waals surface area contributed by atoms with Gasteiger partial charge in [-0.2, -0.15) is 0 Å². The SMILES string of the molecule is Cc1cccc(C(=O)OC(C(=O)O)C(OC(=O)c2cccc(C)c2)C(=O)Nc2ccccc2)c1. The highest BCUT2D eigenvalue weighted by Gasteiger charge is 2.41. The van der Waals surface area contributed by atoms with E-state index in [4.69, 9.17) is 9.47 Å². The summed E-state index contributed by atoms with van der Waals surface area (Å²) in [5.41, 5.74) is 2.08. The van der Waals surface area contributed by atoms with Crippen molar-refractivity contribution in [1.82, 2.24) is 0 Å². The Labute approximate surface area is 196 Å². The van der Waals surface area contributed by atoms with Crippen LogP contribution >= 0.6 is 0 Å². The number of anilines is 1. The number of esters is 2. The third kappa shape index (κ3) is 6.29. The first-order valence-corrected chi connectivity index (χ1v) is 10.4. The number of amides is 1. The van der Waals surface area contributed by atoms with Gasteiger partial charge < -0.3 is 19.9 Å². The van der Waals surface area contributed by atoms with E-state index in [1.165, 1.54) is 24.3 Å². The van der Waals surface area contributed by atoms with Crippen LogP contribution in [0, 0.1) is 13.8 Å². The summed E-state index contributed by atoms with van der Waals surface area (Å²) in [5.74, 6) is -4.52. The summed E-state index contributed by atoms with van der Waals surface area (Å²) in [4.78, 5) is 50.5. The Bertz CT molecular complexity index is 1210. The maximum atomic E-state index is 13.0. The second kappa shape index (κ2) is 10.9. The Morgan fingerprint density at radius 2 is 1.21 bits per heavy atom. The van der Waals surface area contributed by atoms with E-state index in [0.717, 1.165) is 11.1 Å². The molecule has 34 heavy (non-hydrogen) atoms. The molecule has 2 atom stereocenters. The van der Waals surface area contributed by atoms with Crippen LogP contribution in [0.1, 0.15) is 31.8 Å². The maximum Gasteiger partial charge on any atom is 0.349 e. The lowest BCUT2D eigenvalue weighted by Crippen LogP contribution is -2.48. The molecule has 8 nitrogen and oxygen atoms in total. The van der Waals surface area contributed by atoms with Gasteiger partial charge >= 0.3 is 17.9 Å².